The van der Waals surface area contributed by atoms with Gasteiger partial charge in [0.2, 0.25) is 11.8 Å². The second-order valence-corrected chi connectivity index (χ2v) is 7.47. The van der Waals surface area contributed by atoms with E-state index >= 15 is 0 Å². The molecule has 2 aliphatic heterocycles. The van der Waals surface area contributed by atoms with Crippen molar-refractivity contribution in [2.45, 2.75) is 12.5 Å². The van der Waals surface area contributed by atoms with E-state index in [1.54, 1.807) is 23.3 Å². The number of anilines is 1. The minimum Gasteiger partial charge on any atom is -0.486 e. The first-order valence-corrected chi connectivity index (χ1v) is 9.70. The summed E-state index contributed by atoms with van der Waals surface area (Å²) in [5.74, 6) is 1.50. The first-order chi connectivity index (χ1) is 14.0. The van der Waals surface area contributed by atoms with Crippen molar-refractivity contribution in [3.63, 3.8) is 0 Å². The molecule has 2 atom stereocenters. The molecular formula is C21H25N3O5. The molecule has 29 heavy (non-hydrogen) atoms. The maximum absolute atomic E-state index is 12.7. The number of furan rings is 1. The van der Waals surface area contributed by atoms with Crippen molar-refractivity contribution < 1.29 is 23.5 Å². The van der Waals surface area contributed by atoms with E-state index in [1.165, 1.54) is 0 Å². The van der Waals surface area contributed by atoms with E-state index in [0.717, 1.165) is 11.4 Å². The van der Waals surface area contributed by atoms with Crippen molar-refractivity contribution in [1.29, 1.82) is 0 Å². The Hall–Kier alpha value is -3.00. The lowest BCUT2D eigenvalue weighted by atomic mass is 10.1. The molecule has 0 bridgehead atoms. The molecule has 1 N–H and O–H groups in total. The number of fused-ring (bicyclic) bond motifs is 1. The van der Waals surface area contributed by atoms with Gasteiger partial charge in [0, 0.05) is 31.3 Å². The summed E-state index contributed by atoms with van der Waals surface area (Å²) in [6, 6.07) is 9.07. The first kappa shape index (κ1) is 19.3. The highest BCUT2D eigenvalue weighted by Crippen LogP contribution is 2.36. The second kappa shape index (κ2) is 8.16. The molecule has 0 spiro atoms. The fourth-order valence-corrected chi connectivity index (χ4v) is 3.69. The normalized spacial score (nSPS) is 19.5. The van der Waals surface area contributed by atoms with Gasteiger partial charge in [-0.15, -0.1) is 0 Å². The lowest BCUT2D eigenvalue weighted by Gasteiger charge is -2.24. The molecule has 2 amide bonds. The predicted octanol–water partition coefficient (Wildman–Crippen LogP) is 1.82. The quantitative estimate of drug-likeness (QED) is 0.798. The summed E-state index contributed by atoms with van der Waals surface area (Å²) in [6.45, 7) is 1.76. The highest BCUT2D eigenvalue weighted by Gasteiger charge is 2.36. The third-order valence-corrected chi connectivity index (χ3v) is 5.30. The van der Waals surface area contributed by atoms with E-state index in [1.807, 2.05) is 37.2 Å². The Morgan fingerprint density at radius 1 is 1.24 bits per heavy atom. The Kier molecular flexibility index (Phi) is 5.44. The molecule has 4 rings (SSSR count). The van der Waals surface area contributed by atoms with Gasteiger partial charge in [-0.2, -0.15) is 0 Å². The lowest BCUT2D eigenvalue weighted by Crippen LogP contribution is -2.38. The van der Waals surface area contributed by atoms with Crippen LogP contribution < -0.4 is 19.7 Å². The molecule has 8 nitrogen and oxygen atoms in total. The third-order valence-electron chi connectivity index (χ3n) is 5.30. The maximum Gasteiger partial charge on any atom is 0.227 e. The molecule has 1 saturated heterocycles. The van der Waals surface area contributed by atoms with Crippen molar-refractivity contribution in [2.75, 3.05) is 45.3 Å². The minimum atomic E-state index is -0.393. The molecule has 1 aromatic carbocycles. The van der Waals surface area contributed by atoms with Gasteiger partial charge >= 0.3 is 0 Å². The third kappa shape index (κ3) is 4.07. The van der Waals surface area contributed by atoms with Crippen molar-refractivity contribution in [3.05, 3.63) is 42.4 Å². The van der Waals surface area contributed by atoms with Gasteiger partial charge in [-0.1, -0.05) is 0 Å². The Balaban J connectivity index is 1.39. The van der Waals surface area contributed by atoms with E-state index in [9.17, 15) is 9.59 Å². The number of ether oxygens (including phenoxy) is 2. The summed E-state index contributed by atoms with van der Waals surface area (Å²) in [5, 5.41) is 2.97. The van der Waals surface area contributed by atoms with Crippen LogP contribution in [0.3, 0.4) is 0 Å². The SMILES string of the molecule is CN(C)[C@H](CNC(=O)[C@H]1CC(=O)N(c2ccc3c(c2)OCCO3)C1)c1ccco1. The summed E-state index contributed by atoms with van der Waals surface area (Å²) < 4.78 is 16.6. The Morgan fingerprint density at radius 2 is 2.03 bits per heavy atom. The topological polar surface area (TPSA) is 84.3 Å². The number of carbonyl (C=O) groups is 2. The van der Waals surface area contributed by atoms with E-state index < -0.39 is 5.92 Å². The molecule has 2 aliphatic rings. The highest BCUT2D eigenvalue weighted by atomic mass is 16.6. The predicted molar refractivity (Wildman–Crippen MR) is 106 cm³/mol. The first-order valence-electron chi connectivity index (χ1n) is 9.70. The lowest BCUT2D eigenvalue weighted by molar-refractivity contribution is -0.126. The van der Waals surface area contributed by atoms with E-state index in [0.29, 0.717) is 37.8 Å². The molecule has 0 saturated carbocycles. The smallest absolute Gasteiger partial charge is 0.227 e. The molecule has 2 aromatic rings. The van der Waals surface area contributed by atoms with Gasteiger partial charge in [-0.05, 0) is 38.4 Å². The van der Waals surface area contributed by atoms with Crippen LogP contribution in [0.5, 0.6) is 11.5 Å². The number of nitrogens with one attached hydrogen (secondary N) is 1. The van der Waals surface area contributed by atoms with Crippen LogP contribution in [-0.4, -0.2) is 57.1 Å². The van der Waals surface area contributed by atoms with Crippen LogP contribution >= 0.6 is 0 Å². The van der Waals surface area contributed by atoms with Gasteiger partial charge in [0.05, 0.1) is 18.2 Å². The summed E-state index contributed by atoms with van der Waals surface area (Å²) in [6.07, 6.45) is 1.81. The van der Waals surface area contributed by atoms with E-state index in [2.05, 4.69) is 5.32 Å². The maximum atomic E-state index is 12.7. The fourth-order valence-electron chi connectivity index (χ4n) is 3.69. The zero-order valence-corrected chi connectivity index (χ0v) is 16.6. The number of amides is 2. The fraction of sp³-hybridized carbons (Fsp3) is 0.429. The molecule has 8 heteroatoms. The zero-order chi connectivity index (χ0) is 20.4. The number of carbonyl (C=O) groups excluding carboxylic acids is 2. The van der Waals surface area contributed by atoms with Crippen molar-refractivity contribution in [2.24, 2.45) is 5.92 Å². The highest BCUT2D eigenvalue weighted by molar-refractivity contribution is 6.00. The van der Waals surface area contributed by atoms with Crippen LogP contribution in [0.2, 0.25) is 0 Å². The molecule has 0 radical (unpaired) electrons. The number of hydrogen-bond donors (Lipinski definition) is 1. The average Bonchev–Trinajstić information content (AvgIpc) is 3.37. The van der Waals surface area contributed by atoms with Crippen molar-refractivity contribution >= 4 is 17.5 Å². The average molecular weight is 399 g/mol. The summed E-state index contributed by atoms with van der Waals surface area (Å²) >= 11 is 0. The van der Waals surface area contributed by atoms with Crippen molar-refractivity contribution in [1.82, 2.24) is 10.2 Å². The van der Waals surface area contributed by atoms with Gasteiger partial charge in [0.25, 0.3) is 0 Å². The number of benzene rings is 1. The minimum absolute atomic E-state index is 0.0695. The number of hydrogen-bond acceptors (Lipinski definition) is 6. The molecule has 0 aliphatic carbocycles. The van der Waals surface area contributed by atoms with Crippen LogP contribution in [0.4, 0.5) is 5.69 Å². The molecule has 154 valence electrons. The van der Waals surface area contributed by atoms with E-state index in [-0.39, 0.29) is 24.3 Å². The van der Waals surface area contributed by atoms with Crippen LogP contribution in [-0.2, 0) is 9.59 Å². The molecule has 0 unspecified atom stereocenters. The largest absolute Gasteiger partial charge is 0.486 e. The second-order valence-electron chi connectivity index (χ2n) is 7.47. The Labute approximate surface area is 169 Å². The van der Waals surface area contributed by atoms with Crippen LogP contribution in [0, 0.1) is 5.92 Å². The van der Waals surface area contributed by atoms with Crippen molar-refractivity contribution in [3.8, 4) is 11.5 Å². The van der Waals surface area contributed by atoms with Crippen LogP contribution in [0.15, 0.2) is 41.0 Å². The van der Waals surface area contributed by atoms with E-state index in [4.69, 9.17) is 13.9 Å². The summed E-state index contributed by atoms with van der Waals surface area (Å²) in [5.41, 5.74) is 0.719. The standard InChI is InChI=1S/C21H25N3O5/c1-23(2)16(17-4-3-7-27-17)12-22-21(26)14-10-20(25)24(13-14)15-5-6-18-19(11-15)29-9-8-28-18/h3-7,11,14,16H,8-10,12-13H2,1-2H3,(H,22,26)/t14-,16+/m0/s1. The Morgan fingerprint density at radius 3 is 2.76 bits per heavy atom. The number of nitrogens with zero attached hydrogens (tertiary/aromatic N) is 2. The van der Waals surface area contributed by atoms with Crippen LogP contribution in [0.1, 0.15) is 18.2 Å². The monoisotopic (exact) mass is 399 g/mol. The van der Waals surface area contributed by atoms with Gasteiger partial charge in [-0.25, -0.2) is 0 Å². The van der Waals surface area contributed by atoms with Gasteiger partial charge in [-0.3, -0.25) is 14.5 Å². The van der Waals surface area contributed by atoms with Crippen LogP contribution in [0.25, 0.3) is 0 Å². The van der Waals surface area contributed by atoms with Gasteiger partial charge < -0.3 is 24.1 Å². The summed E-state index contributed by atoms with van der Waals surface area (Å²) in [4.78, 5) is 28.9. The zero-order valence-electron chi connectivity index (χ0n) is 16.6. The number of rotatable bonds is 6. The molecule has 1 aromatic heterocycles. The molecule has 1 fully saturated rings. The molecule has 3 heterocycles. The Bertz CT molecular complexity index is 880. The molecular weight excluding hydrogens is 374 g/mol. The van der Waals surface area contributed by atoms with Gasteiger partial charge in [0.1, 0.15) is 19.0 Å². The number of likely N-dealkylation sites (N-methyl/N-ethyl adjacent to an activating group) is 1. The van der Waals surface area contributed by atoms with Gasteiger partial charge in [0.15, 0.2) is 11.5 Å². The summed E-state index contributed by atoms with van der Waals surface area (Å²) in [7, 11) is 3.87.